The van der Waals surface area contributed by atoms with Crippen LogP contribution in [-0.4, -0.2) is 61.9 Å². The standard InChI is InChI=1S/C17H22N4O4S/c1-20-13-3-2-4-14(21-6-8-25-9-7-21)15(13)16(19-20)18-17(22)12-5-10-26(23,24)11-12/h2-4,12H,5-11H2,1H3,(H,18,19,22)/t12-/m1/s1. The van der Waals surface area contributed by atoms with E-state index >= 15 is 0 Å². The predicted octanol–water partition coefficient (Wildman–Crippen LogP) is 0.783. The quantitative estimate of drug-likeness (QED) is 0.849. The molecule has 0 spiro atoms. The molecule has 1 amide bonds. The topological polar surface area (TPSA) is 93.5 Å². The Kier molecular flexibility index (Phi) is 4.36. The predicted molar refractivity (Wildman–Crippen MR) is 99.1 cm³/mol. The second-order valence-electron chi connectivity index (χ2n) is 6.83. The highest BCUT2D eigenvalue weighted by Gasteiger charge is 2.33. The molecule has 0 saturated carbocycles. The number of anilines is 2. The van der Waals surface area contributed by atoms with Gasteiger partial charge in [-0.25, -0.2) is 8.42 Å². The summed E-state index contributed by atoms with van der Waals surface area (Å²) in [5.74, 6) is -0.304. The normalized spacial score (nSPS) is 22.7. The van der Waals surface area contributed by atoms with Crippen molar-refractivity contribution in [2.75, 3.05) is 48.0 Å². The van der Waals surface area contributed by atoms with E-state index in [1.54, 1.807) is 4.68 Å². The van der Waals surface area contributed by atoms with E-state index in [1.807, 2.05) is 25.2 Å². The average Bonchev–Trinajstić information content (AvgIpc) is 3.15. The number of rotatable bonds is 3. The van der Waals surface area contributed by atoms with E-state index in [1.165, 1.54) is 0 Å². The Bertz CT molecular complexity index is 947. The highest BCUT2D eigenvalue weighted by molar-refractivity contribution is 7.91. The van der Waals surface area contributed by atoms with Gasteiger partial charge in [0, 0.05) is 20.1 Å². The summed E-state index contributed by atoms with van der Waals surface area (Å²) in [4.78, 5) is 14.8. The molecular formula is C17H22N4O4S. The molecule has 1 aromatic carbocycles. The van der Waals surface area contributed by atoms with Crippen molar-refractivity contribution < 1.29 is 17.9 Å². The van der Waals surface area contributed by atoms with Crippen LogP contribution in [-0.2, 0) is 26.4 Å². The minimum Gasteiger partial charge on any atom is -0.378 e. The van der Waals surface area contributed by atoms with Gasteiger partial charge in [-0.2, -0.15) is 5.10 Å². The number of amides is 1. The number of carbonyl (C=O) groups is 1. The summed E-state index contributed by atoms with van der Waals surface area (Å²) < 4.78 is 30.5. The van der Waals surface area contributed by atoms with E-state index in [0.29, 0.717) is 25.5 Å². The Morgan fingerprint density at radius 3 is 2.77 bits per heavy atom. The van der Waals surface area contributed by atoms with Crippen LogP contribution in [0.3, 0.4) is 0 Å². The molecule has 140 valence electrons. The van der Waals surface area contributed by atoms with E-state index < -0.39 is 15.8 Å². The Morgan fingerprint density at radius 1 is 1.31 bits per heavy atom. The molecule has 0 bridgehead atoms. The van der Waals surface area contributed by atoms with Crippen molar-refractivity contribution in [1.82, 2.24) is 9.78 Å². The lowest BCUT2D eigenvalue weighted by Gasteiger charge is -2.29. The third-order valence-corrected chi connectivity index (χ3v) is 6.82. The van der Waals surface area contributed by atoms with Gasteiger partial charge in [0.05, 0.1) is 47.2 Å². The van der Waals surface area contributed by atoms with Crippen LogP contribution < -0.4 is 10.2 Å². The van der Waals surface area contributed by atoms with Crippen molar-refractivity contribution in [3.05, 3.63) is 18.2 Å². The molecule has 1 atom stereocenters. The number of benzene rings is 1. The summed E-state index contributed by atoms with van der Waals surface area (Å²) in [5.41, 5.74) is 1.93. The summed E-state index contributed by atoms with van der Waals surface area (Å²) in [6.07, 6.45) is 0.370. The molecule has 1 N–H and O–H groups in total. The second-order valence-corrected chi connectivity index (χ2v) is 9.06. The zero-order valence-corrected chi connectivity index (χ0v) is 15.5. The van der Waals surface area contributed by atoms with E-state index in [-0.39, 0.29) is 17.4 Å². The minimum absolute atomic E-state index is 0.0765. The maximum Gasteiger partial charge on any atom is 0.229 e. The molecule has 2 aliphatic heterocycles. The van der Waals surface area contributed by atoms with Crippen LogP contribution in [0.15, 0.2) is 18.2 Å². The van der Waals surface area contributed by atoms with Gasteiger partial charge in [-0.1, -0.05) is 6.07 Å². The molecule has 2 aromatic rings. The van der Waals surface area contributed by atoms with Crippen molar-refractivity contribution in [1.29, 1.82) is 0 Å². The summed E-state index contributed by atoms with van der Waals surface area (Å²) in [6.45, 7) is 2.89. The number of hydrogen-bond acceptors (Lipinski definition) is 6. The van der Waals surface area contributed by atoms with Gasteiger partial charge in [-0.3, -0.25) is 9.48 Å². The molecule has 2 fully saturated rings. The molecule has 2 saturated heterocycles. The summed E-state index contributed by atoms with van der Waals surface area (Å²) >= 11 is 0. The number of carbonyl (C=O) groups excluding carboxylic acids is 1. The number of sulfone groups is 1. The zero-order valence-electron chi connectivity index (χ0n) is 14.6. The van der Waals surface area contributed by atoms with Gasteiger partial charge in [-0.15, -0.1) is 0 Å². The van der Waals surface area contributed by atoms with Gasteiger partial charge in [0.1, 0.15) is 0 Å². The number of aromatic nitrogens is 2. The van der Waals surface area contributed by atoms with E-state index in [4.69, 9.17) is 4.74 Å². The van der Waals surface area contributed by atoms with E-state index in [0.717, 1.165) is 29.7 Å². The van der Waals surface area contributed by atoms with Crippen molar-refractivity contribution in [3.63, 3.8) is 0 Å². The summed E-state index contributed by atoms with van der Waals surface area (Å²) in [5, 5.41) is 8.22. The fourth-order valence-electron chi connectivity index (χ4n) is 3.67. The molecule has 0 unspecified atom stereocenters. The smallest absolute Gasteiger partial charge is 0.229 e. The monoisotopic (exact) mass is 378 g/mol. The highest BCUT2D eigenvalue weighted by atomic mass is 32.2. The third-order valence-electron chi connectivity index (χ3n) is 5.05. The van der Waals surface area contributed by atoms with Gasteiger partial charge in [0.25, 0.3) is 0 Å². The Balaban J connectivity index is 1.67. The van der Waals surface area contributed by atoms with E-state index in [2.05, 4.69) is 15.3 Å². The fourth-order valence-corrected chi connectivity index (χ4v) is 5.41. The second kappa shape index (κ2) is 6.55. The maximum atomic E-state index is 12.6. The molecule has 26 heavy (non-hydrogen) atoms. The molecule has 8 nitrogen and oxygen atoms in total. The number of morpholine rings is 1. The van der Waals surface area contributed by atoms with Crippen LogP contribution in [0.2, 0.25) is 0 Å². The van der Waals surface area contributed by atoms with E-state index in [9.17, 15) is 13.2 Å². The van der Waals surface area contributed by atoms with Crippen LogP contribution in [0.5, 0.6) is 0 Å². The first kappa shape index (κ1) is 17.3. The SMILES string of the molecule is Cn1nc(NC(=O)[C@@H]2CCS(=O)(=O)C2)c2c(N3CCOCC3)cccc21. The Morgan fingerprint density at radius 2 is 2.08 bits per heavy atom. The Hall–Kier alpha value is -2.13. The van der Waals surface area contributed by atoms with Gasteiger partial charge in [0.15, 0.2) is 15.7 Å². The van der Waals surface area contributed by atoms with Crippen LogP contribution in [0.4, 0.5) is 11.5 Å². The molecule has 3 heterocycles. The lowest BCUT2D eigenvalue weighted by Crippen LogP contribution is -2.36. The van der Waals surface area contributed by atoms with Gasteiger partial charge in [-0.05, 0) is 18.6 Å². The van der Waals surface area contributed by atoms with Crippen LogP contribution in [0, 0.1) is 5.92 Å². The Labute approximate surface area is 152 Å². The van der Waals surface area contributed by atoms with Gasteiger partial charge >= 0.3 is 0 Å². The molecule has 2 aliphatic rings. The number of nitrogens with zero attached hydrogens (tertiary/aromatic N) is 3. The first-order chi connectivity index (χ1) is 12.4. The summed E-state index contributed by atoms with van der Waals surface area (Å²) in [6, 6.07) is 5.96. The largest absolute Gasteiger partial charge is 0.378 e. The maximum absolute atomic E-state index is 12.6. The van der Waals surface area contributed by atoms with Crippen LogP contribution in [0.25, 0.3) is 10.9 Å². The van der Waals surface area contributed by atoms with Crippen molar-refractivity contribution in [2.45, 2.75) is 6.42 Å². The van der Waals surface area contributed by atoms with Crippen molar-refractivity contribution in [2.24, 2.45) is 13.0 Å². The molecule has 0 aliphatic carbocycles. The number of ether oxygens (including phenoxy) is 1. The van der Waals surface area contributed by atoms with Crippen molar-refractivity contribution >= 4 is 38.2 Å². The third kappa shape index (κ3) is 3.16. The molecular weight excluding hydrogens is 356 g/mol. The van der Waals surface area contributed by atoms with Gasteiger partial charge in [0.2, 0.25) is 5.91 Å². The minimum atomic E-state index is -3.10. The highest BCUT2D eigenvalue weighted by Crippen LogP contribution is 2.33. The molecule has 4 rings (SSSR count). The zero-order chi connectivity index (χ0) is 18.3. The number of hydrogen-bond donors (Lipinski definition) is 1. The number of fused-ring (bicyclic) bond motifs is 1. The fraction of sp³-hybridized carbons (Fsp3) is 0.529. The van der Waals surface area contributed by atoms with Gasteiger partial charge < -0.3 is 15.0 Å². The lowest BCUT2D eigenvalue weighted by atomic mass is 10.1. The molecule has 9 heteroatoms. The van der Waals surface area contributed by atoms with Crippen LogP contribution >= 0.6 is 0 Å². The molecule has 1 aromatic heterocycles. The number of nitrogens with one attached hydrogen (secondary N) is 1. The molecule has 0 radical (unpaired) electrons. The van der Waals surface area contributed by atoms with Crippen LogP contribution in [0.1, 0.15) is 6.42 Å². The first-order valence-corrected chi connectivity index (χ1v) is 10.6. The lowest BCUT2D eigenvalue weighted by molar-refractivity contribution is -0.119. The average molecular weight is 378 g/mol. The first-order valence-electron chi connectivity index (χ1n) is 8.74. The number of aryl methyl sites for hydroxylation is 1. The summed E-state index contributed by atoms with van der Waals surface area (Å²) in [7, 11) is -1.27. The van der Waals surface area contributed by atoms with Crippen molar-refractivity contribution in [3.8, 4) is 0 Å².